The van der Waals surface area contributed by atoms with Crippen LogP contribution in [0, 0.1) is 0 Å². The van der Waals surface area contributed by atoms with Crippen molar-refractivity contribution < 1.29 is 9.09 Å². The molecule has 0 aromatic heterocycles. The lowest BCUT2D eigenvalue weighted by Gasteiger charge is -2.15. The number of benzene rings is 2. The van der Waals surface area contributed by atoms with Crippen LogP contribution in [0.3, 0.4) is 0 Å². The Balaban J connectivity index is 1.90. The summed E-state index contributed by atoms with van der Waals surface area (Å²) in [4.78, 5) is 0. The monoisotopic (exact) mass is 268 g/mol. The van der Waals surface area contributed by atoms with Gasteiger partial charge in [-0.15, -0.1) is 0 Å². The van der Waals surface area contributed by atoms with Gasteiger partial charge in [0.25, 0.3) is 0 Å². The third-order valence-electron chi connectivity index (χ3n) is 3.37. The summed E-state index contributed by atoms with van der Waals surface area (Å²) in [5.41, 5.74) is 5.07. The second-order valence-electron chi connectivity index (χ2n) is 4.54. The Hall–Kier alpha value is -1.92. The minimum absolute atomic E-state index is 0.321. The van der Waals surface area contributed by atoms with Crippen molar-refractivity contribution in [3.8, 4) is 16.9 Å². The maximum Gasteiger partial charge on any atom is 0.395 e. The fourth-order valence-electron chi connectivity index (χ4n) is 2.20. The fraction of sp³-hybridized carbons (Fsp3) is 0.125. The number of allylic oxidation sites excluding steroid dienone is 2. The molecule has 0 amide bonds. The summed E-state index contributed by atoms with van der Waals surface area (Å²) < 4.78 is 15.2. The predicted octanol–water partition coefficient (Wildman–Crippen LogP) is 5.12. The van der Waals surface area contributed by atoms with Gasteiger partial charge in [-0.2, -0.15) is 0 Å². The van der Waals surface area contributed by atoms with E-state index in [-0.39, 0.29) is 8.69 Å². The summed E-state index contributed by atoms with van der Waals surface area (Å²) in [7, 11) is -0.321. The van der Waals surface area contributed by atoms with Crippen LogP contribution in [-0.2, 0) is 4.57 Å². The average molecular weight is 268 g/mol. The molecule has 94 valence electrons. The molecule has 0 unspecified atom stereocenters. The van der Waals surface area contributed by atoms with Crippen LogP contribution in [0.25, 0.3) is 16.7 Å². The van der Waals surface area contributed by atoms with Crippen LogP contribution < -0.4 is 4.52 Å². The minimum Gasteiger partial charge on any atom is -0.408 e. The first-order chi connectivity index (χ1) is 9.36. The molecule has 0 bridgehead atoms. The van der Waals surface area contributed by atoms with E-state index < -0.39 is 0 Å². The van der Waals surface area contributed by atoms with Gasteiger partial charge < -0.3 is 4.52 Å². The number of hydrogen-bond acceptors (Lipinski definition) is 2. The molecule has 0 fully saturated rings. The van der Waals surface area contributed by atoms with Crippen LogP contribution in [0.15, 0.2) is 54.6 Å². The van der Waals surface area contributed by atoms with Gasteiger partial charge in [-0.05, 0) is 53.3 Å². The van der Waals surface area contributed by atoms with E-state index in [4.69, 9.17) is 4.52 Å². The quantitative estimate of drug-likeness (QED) is 0.720. The topological polar surface area (TPSA) is 26.3 Å². The zero-order chi connectivity index (χ0) is 13.1. The first kappa shape index (κ1) is 12.1. The van der Waals surface area contributed by atoms with Crippen molar-refractivity contribution in [3.63, 3.8) is 0 Å². The standard InChI is InChI=1S/C16H13O2P/c17-19-18-16-9-7-13(8-10-16)15-6-2-5-14(11-15)12-3-1-4-12/h2-3,5-11H,1,4H2. The first-order valence-corrected chi connectivity index (χ1v) is 6.99. The molecule has 0 aliphatic heterocycles. The average Bonchev–Trinajstić information content (AvgIpc) is 2.38. The molecule has 2 aromatic carbocycles. The smallest absolute Gasteiger partial charge is 0.395 e. The van der Waals surface area contributed by atoms with Gasteiger partial charge in [-0.25, -0.2) is 4.57 Å². The van der Waals surface area contributed by atoms with Crippen molar-refractivity contribution in [2.45, 2.75) is 12.8 Å². The van der Waals surface area contributed by atoms with E-state index in [2.05, 4.69) is 30.3 Å². The van der Waals surface area contributed by atoms with Gasteiger partial charge in [0, 0.05) is 0 Å². The van der Waals surface area contributed by atoms with Crippen molar-refractivity contribution >= 4 is 14.3 Å². The molecule has 2 nitrogen and oxygen atoms in total. The van der Waals surface area contributed by atoms with E-state index in [1.807, 2.05) is 24.3 Å². The molecule has 0 atom stereocenters. The third-order valence-corrected chi connectivity index (χ3v) is 3.65. The van der Waals surface area contributed by atoms with Crippen molar-refractivity contribution in [1.29, 1.82) is 0 Å². The SMILES string of the molecule is O=POc1ccc(-c2cccc(C3=CCC3)c2)cc1. The third kappa shape index (κ3) is 2.59. The van der Waals surface area contributed by atoms with Gasteiger partial charge in [0.1, 0.15) is 5.75 Å². The first-order valence-electron chi connectivity index (χ1n) is 6.26. The van der Waals surface area contributed by atoms with E-state index in [1.165, 1.54) is 29.5 Å². The highest BCUT2D eigenvalue weighted by molar-refractivity contribution is 7.17. The normalized spacial score (nSPS) is 13.8. The van der Waals surface area contributed by atoms with Gasteiger partial charge >= 0.3 is 8.69 Å². The van der Waals surface area contributed by atoms with E-state index in [9.17, 15) is 4.57 Å². The molecule has 1 aliphatic rings. The molecule has 2 aromatic rings. The molecule has 1 aliphatic carbocycles. The summed E-state index contributed by atoms with van der Waals surface area (Å²) >= 11 is 0. The van der Waals surface area contributed by atoms with Crippen LogP contribution in [0.5, 0.6) is 5.75 Å². The minimum atomic E-state index is -0.321. The zero-order valence-electron chi connectivity index (χ0n) is 10.4. The Morgan fingerprint density at radius 2 is 1.68 bits per heavy atom. The van der Waals surface area contributed by atoms with Crippen molar-refractivity contribution in [1.82, 2.24) is 0 Å². The lowest BCUT2D eigenvalue weighted by Crippen LogP contribution is -1.93. The molecule has 0 radical (unpaired) electrons. The molecule has 3 rings (SSSR count). The van der Waals surface area contributed by atoms with Crippen LogP contribution in [0.2, 0.25) is 0 Å². The van der Waals surface area contributed by atoms with Gasteiger partial charge in [-0.3, -0.25) is 0 Å². The second-order valence-corrected chi connectivity index (χ2v) is 4.87. The van der Waals surface area contributed by atoms with Gasteiger partial charge in [-0.1, -0.05) is 36.4 Å². The Morgan fingerprint density at radius 3 is 2.32 bits per heavy atom. The molecular formula is C16H13O2P. The van der Waals surface area contributed by atoms with E-state index >= 15 is 0 Å². The van der Waals surface area contributed by atoms with Crippen molar-refractivity contribution in [3.05, 3.63) is 60.2 Å². The van der Waals surface area contributed by atoms with Crippen LogP contribution in [-0.4, -0.2) is 0 Å². The second kappa shape index (κ2) is 5.38. The van der Waals surface area contributed by atoms with E-state index in [0.717, 1.165) is 5.56 Å². The molecule has 19 heavy (non-hydrogen) atoms. The zero-order valence-corrected chi connectivity index (χ0v) is 11.3. The summed E-state index contributed by atoms with van der Waals surface area (Å²) in [6.45, 7) is 0. The highest BCUT2D eigenvalue weighted by atomic mass is 31.1. The predicted molar refractivity (Wildman–Crippen MR) is 77.3 cm³/mol. The molecule has 3 heteroatoms. The van der Waals surface area contributed by atoms with Gasteiger partial charge in [0.15, 0.2) is 0 Å². The van der Waals surface area contributed by atoms with Crippen LogP contribution in [0.4, 0.5) is 0 Å². The summed E-state index contributed by atoms with van der Waals surface area (Å²) in [6.07, 6.45) is 4.65. The Bertz CT molecular complexity index is 629. The largest absolute Gasteiger partial charge is 0.408 e. The van der Waals surface area contributed by atoms with Crippen LogP contribution >= 0.6 is 8.69 Å². The van der Waals surface area contributed by atoms with Gasteiger partial charge in [0.05, 0.1) is 0 Å². The molecule has 0 saturated carbocycles. The number of rotatable bonds is 4. The molecule has 0 saturated heterocycles. The highest BCUT2D eigenvalue weighted by Gasteiger charge is 2.09. The maximum absolute atomic E-state index is 10.4. The summed E-state index contributed by atoms with van der Waals surface area (Å²) in [6, 6.07) is 16.2. The Morgan fingerprint density at radius 1 is 0.947 bits per heavy atom. The summed E-state index contributed by atoms with van der Waals surface area (Å²) in [5, 5.41) is 0. The molecule has 0 spiro atoms. The lowest BCUT2D eigenvalue weighted by atomic mass is 9.90. The number of hydrogen-bond donors (Lipinski definition) is 0. The Labute approximate surface area is 114 Å². The lowest BCUT2D eigenvalue weighted by molar-refractivity contribution is 0.525. The van der Waals surface area contributed by atoms with E-state index in [0.29, 0.717) is 5.75 Å². The van der Waals surface area contributed by atoms with Crippen molar-refractivity contribution in [2.75, 3.05) is 0 Å². The van der Waals surface area contributed by atoms with E-state index in [1.54, 1.807) is 0 Å². The maximum atomic E-state index is 10.4. The van der Waals surface area contributed by atoms with Gasteiger partial charge in [0.2, 0.25) is 0 Å². The molecular weight excluding hydrogens is 255 g/mol. The fourth-order valence-corrected chi connectivity index (χ4v) is 2.41. The Kier molecular flexibility index (Phi) is 3.43. The summed E-state index contributed by atoms with van der Waals surface area (Å²) in [5.74, 6) is 0.610. The molecule has 0 heterocycles. The highest BCUT2D eigenvalue weighted by Crippen LogP contribution is 2.32. The van der Waals surface area contributed by atoms with Crippen LogP contribution in [0.1, 0.15) is 18.4 Å². The molecule has 0 N–H and O–H groups in total. The van der Waals surface area contributed by atoms with Crippen molar-refractivity contribution in [2.24, 2.45) is 0 Å².